The second-order valence-corrected chi connectivity index (χ2v) is 12.6. The van der Waals surface area contributed by atoms with Gasteiger partial charge in [-0.05, 0) is 69.1 Å². The third-order valence-electron chi connectivity index (χ3n) is 8.09. The molecule has 0 unspecified atom stereocenters. The standard InChI is InChI=1S/C33H36N4O2/c1-31(2,3)39-30(38)36-33(16-9-17-33)23-14-12-22(13-15-23)28-24(21-10-7-6-8-11-21)18-25-27(35-28)19-32(4,5)26-20-34-37-29(25)26/h6-8,10-15,18,20H,9,16-17,19H2,1-5H3,(H,34,37)(H,36,38). The first-order chi connectivity index (χ1) is 18.5. The first-order valence-electron chi connectivity index (χ1n) is 13.8. The highest BCUT2D eigenvalue weighted by molar-refractivity contribution is 5.86. The number of aromatic amines is 1. The minimum Gasteiger partial charge on any atom is -0.444 e. The largest absolute Gasteiger partial charge is 0.444 e. The van der Waals surface area contributed by atoms with Crippen LogP contribution in [0.1, 0.15) is 70.7 Å². The lowest BCUT2D eigenvalue weighted by molar-refractivity contribution is 0.0377. The number of nitrogens with zero attached hydrogens (tertiary/aromatic N) is 2. The summed E-state index contributed by atoms with van der Waals surface area (Å²) in [6, 6.07) is 21.3. The van der Waals surface area contributed by atoms with E-state index in [-0.39, 0.29) is 17.0 Å². The van der Waals surface area contributed by atoms with Gasteiger partial charge in [-0.2, -0.15) is 5.10 Å². The van der Waals surface area contributed by atoms with E-state index in [1.54, 1.807) is 0 Å². The van der Waals surface area contributed by atoms with Crippen LogP contribution in [0.25, 0.3) is 33.6 Å². The number of H-pyrrole nitrogens is 1. The number of carbonyl (C=O) groups excluding carboxylic acids is 1. The van der Waals surface area contributed by atoms with Gasteiger partial charge in [0.25, 0.3) is 0 Å². The van der Waals surface area contributed by atoms with Gasteiger partial charge in [-0.1, -0.05) is 68.4 Å². The molecule has 1 fully saturated rings. The number of amides is 1. The van der Waals surface area contributed by atoms with Crippen LogP contribution in [0.2, 0.25) is 0 Å². The van der Waals surface area contributed by atoms with Gasteiger partial charge in [0.05, 0.1) is 28.8 Å². The summed E-state index contributed by atoms with van der Waals surface area (Å²) in [5.41, 5.74) is 8.87. The van der Waals surface area contributed by atoms with Gasteiger partial charge >= 0.3 is 6.09 Å². The van der Waals surface area contributed by atoms with Crippen LogP contribution in [0, 0.1) is 0 Å². The highest BCUT2D eigenvalue weighted by Crippen LogP contribution is 2.45. The molecule has 0 saturated heterocycles. The van der Waals surface area contributed by atoms with E-state index in [4.69, 9.17) is 9.72 Å². The highest BCUT2D eigenvalue weighted by Gasteiger charge is 2.41. The van der Waals surface area contributed by atoms with Gasteiger partial charge in [-0.25, -0.2) is 4.79 Å². The lowest BCUT2D eigenvalue weighted by Gasteiger charge is -2.43. The number of pyridine rings is 1. The van der Waals surface area contributed by atoms with Crippen molar-refractivity contribution in [3.05, 3.63) is 83.7 Å². The predicted octanol–water partition coefficient (Wildman–Crippen LogP) is 7.54. The number of aromatic nitrogens is 3. The molecule has 2 aliphatic carbocycles. The summed E-state index contributed by atoms with van der Waals surface area (Å²) >= 11 is 0. The maximum atomic E-state index is 12.6. The Hall–Kier alpha value is -3.93. The number of fused-ring (bicyclic) bond motifs is 3. The van der Waals surface area contributed by atoms with Gasteiger partial charge in [0.2, 0.25) is 0 Å². The molecule has 2 N–H and O–H groups in total. The lowest BCUT2D eigenvalue weighted by atomic mass is 9.71. The predicted molar refractivity (Wildman–Crippen MR) is 154 cm³/mol. The Bertz CT molecular complexity index is 1520. The second-order valence-electron chi connectivity index (χ2n) is 12.6. The van der Waals surface area contributed by atoms with Gasteiger partial charge in [0, 0.05) is 22.3 Å². The number of carbonyl (C=O) groups is 1. The summed E-state index contributed by atoms with van der Waals surface area (Å²) in [7, 11) is 0. The number of nitrogens with one attached hydrogen (secondary N) is 2. The maximum Gasteiger partial charge on any atom is 0.408 e. The molecular formula is C33H36N4O2. The van der Waals surface area contributed by atoms with Crippen molar-refractivity contribution in [3.63, 3.8) is 0 Å². The Kier molecular flexibility index (Phi) is 5.90. The Labute approximate surface area is 230 Å². The normalized spacial score (nSPS) is 16.9. The molecule has 0 bridgehead atoms. The summed E-state index contributed by atoms with van der Waals surface area (Å²) in [6.07, 6.45) is 5.31. The summed E-state index contributed by atoms with van der Waals surface area (Å²) in [5.74, 6) is 0. The molecule has 0 aliphatic heterocycles. The molecule has 39 heavy (non-hydrogen) atoms. The number of hydrogen-bond acceptors (Lipinski definition) is 4. The van der Waals surface area contributed by atoms with Gasteiger partial charge in [0.15, 0.2) is 0 Å². The van der Waals surface area contributed by atoms with Crippen LogP contribution in [-0.4, -0.2) is 26.9 Å². The van der Waals surface area contributed by atoms with Gasteiger partial charge in [-0.15, -0.1) is 0 Å². The maximum absolute atomic E-state index is 12.6. The average molecular weight is 521 g/mol. The second kappa shape index (κ2) is 9.08. The molecule has 0 radical (unpaired) electrons. The van der Waals surface area contributed by atoms with Crippen molar-refractivity contribution in [1.29, 1.82) is 0 Å². The fourth-order valence-electron chi connectivity index (χ4n) is 5.94. The molecule has 6 heteroatoms. The lowest BCUT2D eigenvalue weighted by Crippen LogP contribution is -2.52. The van der Waals surface area contributed by atoms with Crippen molar-refractivity contribution in [2.24, 2.45) is 0 Å². The van der Waals surface area contributed by atoms with Crippen molar-refractivity contribution < 1.29 is 9.53 Å². The van der Waals surface area contributed by atoms with Crippen LogP contribution in [0.5, 0.6) is 0 Å². The number of alkyl carbamates (subject to hydrolysis) is 1. The van der Waals surface area contributed by atoms with Crippen molar-refractivity contribution in [1.82, 2.24) is 20.5 Å². The Balaban J connectivity index is 1.40. The van der Waals surface area contributed by atoms with Crippen LogP contribution in [0.15, 0.2) is 66.9 Å². The topological polar surface area (TPSA) is 79.9 Å². The summed E-state index contributed by atoms with van der Waals surface area (Å²) in [5, 5.41) is 10.8. The molecule has 2 heterocycles. The summed E-state index contributed by atoms with van der Waals surface area (Å²) in [4.78, 5) is 17.9. The van der Waals surface area contributed by atoms with Crippen LogP contribution < -0.4 is 5.32 Å². The van der Waals surface area contributed by atoms with Crippen molar-refractivity contribution >= 4 is 6.09 Å². The minimum absolute atomic E-state index is 0.0539. The van der Waals surface area contributed by atoms with Gasteiger partial charge in [0.1, 0.15) is 5.60 Å². The number of benzene rings is 2. The van der Waals surface area contributed by atoms with Crippen LogP contribution in [0.4, 0.5) is 4.79 Å². The van der Waals surface area contributed by atoms with E-state index >= 15 is 0 Å². The molecule has 1 saturated carbocycles. The first kappa shape index (κ1) is 25.4. The first-order valence-corrected chi connectivity index (χ1v) is 13.8. The van der Waals surface area contributed by atoms with E-state index in [1.165, 1.54) is 5.56 Å². The smallest absolute Gasteiger partial charge is 0.408 e. The fourth-order valence-corrected chi connectivity index (χ4v) is 5.94. The van der Waals surface area contributed by atoms with E-state index in [9.17, 15) is 4.79 Å². The Morgan fingerprint density at radius 3 is 2.33 bits per heavy atom. The molecule has 2 aliphatic rings. The van der Waals surface area contributed by atoms with E-state index in [2.05, 4.69) is 84.0 Å². The summed E-state index contributed by atoms with van der Waals surface area (Å²) < 4.78 is 5.57. The number of rotatable bonds is 4. The summed E-state index contributed by atoms with van der Waals surface area (Å²) in [6.45, 7) is 10.2. The van der Waals surface area contributed by atoms with E-state index in [0.717, 1.165) is 70.6 Å². The molecule has 1 amide bonds. The average Bonchev–Trinajstić information content (AvgIpc) is 3.37. The number of ether oxygens (including phenoxy) is 1. The van der Waals surface area contributed by atoms with Crippen molar-refractivity contribution in [3.8, 4) is 33.6 Å². The molecule has 2 aromatic carbocycles. The Morgan fingerprint density at radius 1 is 0.974 bits per heavy atom. The molecule has 0 atom stereocenters. The highest BCUT2D eigenvalue weighted by atomic mass is 16.6. The zero-order valence-corrected chi connectivity index (χ0v) is 23.4. The third kappa shape index (κ3) is 4.62. The zero-order valence-electron chi connectivity index (χ0n) is 23.4. The van der Waals surface area contributed by atoms with Crippen LogP contribution in [0.3, 0.4) is 0 Å². The molecule has 6 nitrogen and oxygen atoms in total. The van der Waals surface area contributed by atoms with Crippen molar-refractivity contribution in [2.45, 2.75) is 76.9 Å². The fraction of sp³-hybridized carbons (Fsp3) is 0.364. The SMILES string of the molecule is CC(C)(C)OC(=O)NC1(c2ccc(-c3nc4c(cc3-c3ccccc3)-c3[nH]ncc3C(C)(C)C4)cc2)CCC1. The molecule has 2 aromatic heterocycles. The molecule has 0 spiro atoms. The molecule has 4 aromatic rings. The van der Waals surface area contributed by atoms with Gasteiger partial charge in [-0.3, -0.25) is 10.1 Å². The van der Waals surface area contributed by atoms with E-state index in [0.29, 0.717) is 0 Å². The Morgan fingerprint density at radius 2 is 1.69 bits per heavy atom. The molecular weight excluding hydrogens is 484 g/mol. The zero-order chi connectivity index (χ0) is 27.4. The van der Waals surface area contributed by atoms with Crippen LogP contribution in [-0.2, 0) is 22.1 Å². The van der Waals surface area contributed by atoms with E-state index in [1.807, 2.05) is 33.0 Å². The number of hydrogen-bond donors (Lipinski definition) is 2. The molecule has 6 rings (SSSR count). The van der Waals surface area contributed by atoms with E-state index < -0.39 is 5.60 Å². The monoisotopic (exact) mass is 520 g/mol. The van der Waals surface area contributed by atoms with Gasteiger partial charge < -0.3 is 10.1 Å². The minimum atomic E-state index is -0.531. The quantitative estimate of drug-likeness (QED) is 0.291. The van der Waals surface area contributed by atoms with Crippen LogP contribution >= 0.6 is 0 Å². The molecule has 200 valence electrons. The van der Waals surface area contributed by atoms with Crippen molar-refractivity contribution in [2.75, 3.05) is 0 Å². The third-order valence-corrected chi connectivity index (χ3v) is 8.09.